The minimum Gasteiger partial charge on any atom is -0.447 e. The van der Waals surface area contributed by atoms with Gasteiger partial charge in [0.15, 0.2) is 5.82 Å². The first kappa shape index (κ1) is 28.9. The largest absolute Gasteiger partial charge is 0.447 e. The van der Waals surface area contributed by atoms with Crippen LogP contribution in [-0.4, -0.2) is 47.4 Å². The van der Waals surface area contributed by atoms with Gasteiger partial charge in [0, 0.05) is 41.1 Å². The van der Waals surface area contributed by atoms with Gasteiger partial charge < -0.3 is 15.4 Å². The average Bonchev–Trinajstić information content (AvgIpc) is 3.33. The van der Waals surface area contributed by atoms with Crippen LogP contribution in [0.15, 0.2) is 47.6 Å². The Hall–Kier alpha value is -3.09. The number of aromatic nitrogens is 3. The Bertz CT molecular complexity index is 1380. The van der Waals surface area contributed by atoms with Crippen molar-refractivity contribution in [2.45, 2.75) is 88.8 Å². The molecule has 0 radical (unpaired) electrons. The number of sulfonamides is 1. The Balaban J connectivity index is 1.55. The monoisotopic (exact) mass is 572 g/mol. The van der Waals surface area contributed by atoms with Gasteiger partial charge in [-0.2, -0.15) is 5.10 Å². The summed E-state index contributed by atoms with van der Waals surface area (Å²) in [5.41, 5.74) is 0.518. The standard InChI is InChI=1S/C27H36N6O4S2/c1-17(2)37-26(34)31-19-10-8-18(9-11-19)25-28-16-22(38-25)21-13-12-20(30-24-7-6-14-29-32-24)15-23(21)39(35,36)33-27(3,4)5/h6-7,12-19,33H,8-11H2,1-5H3,(H,30,32)(H,31,34). The predicted octanol–water partition coefficient (Wildman–Crippen LogP) is 5.58. The van der Waals surface area contributed by atoms with Crippen LogP contribution in [0.5, 0.6) is 0 Å². The molecule has 4 rings (SSSR count). The summed E-state index contributed by atoms with van der Waals surface area (Å²) in [4.78, 5) is 17.6. The number of carbonyl (C=O) groups excluding carboxylic acids is 1. The summed E-state index contributed by atoms with van der Waals surface area (Å²) in [6.07, 6.45) is 6.25. The summed E-state index contributed by atoms with van der Waals surface area (Å²) in [7, 11) is -3.85. The zero-order valence-electron chi connectivity index (χ0n) is 22.9. The summed E-state index contributed by atoms with van der Waals surface area (Å²) in [6.45, 7) is 9.09. The number of carbonyl (C=O) groups is 1. The van der Waals surface area contributed by atoms with Crippen molar-refractivity contribution in [1.82, 2.24) is 25.2 Å². The van der Waals surface area contributed by atoms with Crippen LogP contribution in [0.4, 0.5) is 16.3 Å². The Morgan fingerprint density at radius 3 is 2.51 bits per heavy atom. The smallest absolute Gasteiger partial charge is 0.407 e. The number of nitrogens with zero attached hydrogens (tertiary/aromatic N) is 3. The van der Waals surface area contributed by atoms with Gasteiger partial charge in [0.1, 0.15) is 0 Å². The predicted molar refractivity (Wildman–Crippen MR) is 153 cm³/mol. The Morgan fingerprint density at radius 2 is 1.87 bits per heavy atom. The van der Waals surface area contributed by atoms with Crippen LogP contribution >= 0.6 is 11.3 Å². The lowest BCUT2D eigenvalue weighted by Gasteiger charge is -2.28. The Morgan fingerprint density at radius 1 is 1.13 bits per heavy atom. The van der Waals surface area contributed by atoms with E-state index in [1.54, 1.807) is 36.7 Å². The minimum absolute atomic E-state index is 0.0847. The van der Waals surface area contributed by atoms with E-state index >= 15 is 0 Å². The molecule has 1 aliphatic carbocycles. The van der Waals surface area contributed by atoms with Crippen molar-refractivity contribution in [1.29, 1.82) is 0 Å². The van der Waals surface area contributed by atoms with Crippen LogP contribution in [0.1, 0.15) is 71.2 Å². The molecule has 1 aromatic carbocycles. The van der Waals surface area contributed by atoms with Crippen LogP contribution in [0.25, 0.3) is 10.4 Å². The third kappa shape index (κ3) is 7.96. The second-order valence-corrected chi connectivity index (χ2v) is 13.7. The maximum Gasteiger partial charge on any atom is 0.407 e. The van der Waals surface area contributed by atoms with Gasteiger partial charge in [0.2, 0.25) is 10.0 Å². The second-order valence-electron chi connectivity index (χ2n) is 11.0. The van der Waals surface area contributed by atoms with E-state index < -0.39 is 15.6 Å². The first-order valence-electron chi connectivity index (χ1n) is 13.1. The molecule has 0 aliphatic heterocycles. The molecule has 210 valence electrons. The highest BCUT2D eigenvalue weighted by atomic mass is 32.2. The van der Waals surface area contributed by atoms with Gasteiger partial charge in [-0.15, -0.1) is 16.4 Å². The molecule has 39 heavy (non-hydrogen) atoms. The summed E-state index contributed by atoms with van der Waals surface area (Å²) in [5.74, 6) is 0.772. The number of rotatable bonds is 8. The van der Waals surface area contributed by atoms with Gasteiger partial charge in [0.05, 0.1) is 20.9 Å². The third-order valence-corrected chi connectivity index (χ3v) is 9.08. The molecular formula is C27H36N6O4S2. The lowest BCUT2D eigenvalue weighted by Crippen LogP contribution is -2.40. The van der Waals surface area contributed by atoms with Crippen molar-refractivity contribution in [3.05, 3.63) is 47.7 Å². The fourth-order valence-electron chi connectivity index (χ4n) is 4.50. The normalized spacial score (nSPS) is 18.1. The van der Waals surface area contributed by atoms with E-state index in [9.17, 15) is 13.2 Å². The molecular weight excluding hydrogens is 536 g/mol. The highest BCUT2D eigenvalue weighted by Crippen LogP contribution is 2.40. The average molecular weight is 573 g/mol. The molecule has 3 N–H and O–H groups in total. The molecule has 2 heterocycles. The molecule has 12 heteroatoms. The maximum atomic E-state index is 13.5. The summed E-state index contributed by atoms with van der Waals surface area (Å²) < 4.78 is 35.0. The number of benzene rings is 1. The molecule has 0 saturated heterocycles. The van der Waals surface area contributed by atoms with Gasteiger partial charge >= 0.3 is 6.09 Å². The summed E-state index contributed by atoms with van der Waals surface area (Å²) >= 11 is 1.52. The maximum absolute atomic E-state index is 13.5. The topological polar surface area (TPSA) is 135 Å². The van der Waals surface area contributed by atoms with E-state index in [2.05, 4.69) is 30.5 Å². The fraction of sp³-hybridized carbons (Fsp3) is 0.481. The molecule has 1 saturated carbocycles. The van der Waals surface area contributed by atoms with E-state index in [1.165, 1.54) is 11.3 Å². The molecule has 1 amide bonds. The zero-order chi connectivity index (χ0) is 28.2. The van der Waals surface area contributed by atoms with Crippen LogP contribution < -0.4 is 15.4 Å². The van der Waals surface area contributed by atoms with Crippen molar-refractivity contribution >= 4 is 39.0 Å². The van der Waals surface area contributed by atoms with Crippen LogP contribution in [-0.2, 0) is 14.8 Å². The lowest BCUT2D eigenvalue weighted by atomic mass is 9.86. The molecule has 1 fully saturated rings. The number of ether oxygens (including phenoxy) is 1. The molecule has 0 spiro atoms. The highest BCUT2D eigenvalue weighted by molar-refractivity contribution is 7.89. The quantitative estimate of drug-likeness (QED) is 0.318. The zero-order valence-corrected chi connectivity index (χ0v) is 24.5. The number of hydrogen-bond acceptors (Lipinski definition) is 9. The second kappa shape index (κ2) is 12.0. The van der Waals surface area contributed by atoms with Gasteiger partial charge in [-0.1, -0.05) is 6.07 Å². The number of thiazole rings is 1. The number of alkyl carbamates (subject to hydrolysis) is 1. The van der Waals surface area contributed by atoms with Crippen molar-refractivity contribution < 1.29 is 17.9 Å². The van der Waals surface area contributed by atoms with E-state index in [0.717, 1.165) is 35.6 Å². The SMILES string of the molecule is CC(C)OC(=O)NC1CCC(c2ncc(-c3ccc(Nc4cccnn4)cc3S(=O)(=O)NC(C)(C)C)s2)CC1. The number of amides is 1. The molecule has 0 unspecified atom stereocenters. The first-order chi connectivity index (χ1) is 18.4. The van der Waals surface area contributed by atoms with E-state index in [4.69, 9.17) is 4.74 Å². The summed E-state index contributed by atoms with van der Waals surface area (Å²) in [6, 6.07) is 8.84. The molecule has 10 nitrogen and oxygen atoms in total. The molecule has 1 aliphatic rings. The van der Waals surface area contributed by atoms with E-state index in [1.807, 2.05) is 40.7 Å². The number of anilines is 2. The van der Waals surface area contributed by atoms with Crippen LogP contribution in [0, 0.1) is 0 Å². The van der Waals surface area contributed by atoms with Crippen LogP contribution in [0.3, 0.4) is 0 Å². The minimum atomic E-state index is -3.85. The molecule has 0 atom stereocenters. The highest BCUT2D eigenvalue weighted by Gasteiger charge is 2.29. The van der Waals surface area contributed by atoms with Crippen molar-refractivity contribution in [2.24, 2.45) is 0 Å². The molecule has 0 bridgehead atoms. The Kier molecular flexibility index (Phi) is 8.87. The van der Waals surface area contributed by atoms with Gasteiger partial charge in [0.25, 0.3) is 0 Å². The third-order valence-electron chi connectivity index (χ3n) is 6.09. The lowest BCUT2D eigenvalue weighted by molar-refractivity contribution is 0.109. The van der Waals surface area contributed by atoms with Crippen molar-refractivity contribution in [3.8, 4) is 10.4 Å². The molecule has 3 aromatic rings. The fourth-order valence-corrected chi connectivity index (χ4v) is 7.36. The van der Waals surface area contributed by atoms with Gasteiger partial charge in [-0.3, -0.25) is 0 Å². The first-order valence-corrected chi connectivity index (χ1v) is 15.4. The van der Waals surface area contributed by atoms with Crippen molar-refractivity contribution in [2.75, 3.05) is 5.32 Å². The van der Waals surface area contributed by atoms with Crippen LogP contribution in [0.2, 0.25) is 0 Å². The van der Waals surface area contributed by atoms with E-state index in [-0.39, 0.29) is 29.1 Å². The van der Waals surface area contributed by atoms with Gasteiger partial charge in [-0.25, -0.2) is 22.9 Å². The molecule has 2 aromatic heterocycles. The van der Waals surface area contributed by atoms with Gasteiger partial charge in [-0.05, 0) is 84.6 Å². The number of nitrogens with one attached hydrogen (secondary N) is 3. The van der Waals surface area contributed by atoms with Crippen molar-refractivity contribution in [3.63, 3.8) is 0 Å². The summed E-state index contributed by atoms with van der Waals surface area (Å²) in [5, 5.41) is 14.9. The Labute approximate surface area is 234 Å². The number of hydrogen-bond donors (Lipinski definition) is 3. The van der Waals surface area contributed by atoms with E-state index in [0.29, 0.717) is 17.1 Å².